The number of hydrogen-bond donors (Lipinski definition) is 2. The Morgan fingerprint density at radius 3 is 2.50 bits per heavy atom. The van der Waals surface area contributed by atoms with Crippen LogP contribution in [0.15, 0.2) is 18.2 Å². The molecule has 0 unspecified atom stereocenters. The van der Waals surface area contributed by atoms with Gasteiger partial charge in [-0.15, -0.1) is 0 Å². The van der Waals surface area contributed by atoms with Crippen LogP contribution in [0.1, 0.15) is 33.6 Å². The Morgan fingerprint density at radius 1 is 1.33 bits per heavy atom. The van der Waals surface area contributed by atoms with E-state index in [2.05, 4.69) is 4.84 Å². The topological polar surface area (TPSA) is 137 Å². The molecule has 11 nitrogen and oxygen atoms in total. The maximum atomic E-state index is 15.1. The van der Waals surface area contributed by atoms with Crippen molar-refractivity contribution in [1.29, 1.82) is 0 Å². The molecule has 0 radical (unpaired) electrons. The molecule has 13 heteroatoms. The van der Waals surface area contributed by atoms with Gasteiger partial charge in [0.1, 0.15) is 17.9 Å². The lowest BCUT2D eigenvalue weighted by Gasteiger charge is -2.36. The molecule has 1 aliphatic heterocycles. The Balaban J connectivity index is 1.98. The monoisotopic (exact) mass is 449 g/mol. The molecule has 0 spiro atoms. The van der Waals surface area contributed by atoms with Gasteiger partial charge in [0.2, 0.25) is 10.9 Å². The lowest BCUT2D eigenvalue weighted by Crippen LogP contribution is -2.48. The Morgan fingerprint density at radius 2 is 1.97 bits per heavy atom. The average molecular weight is 449 g/mol. The summed E-state index contributed by atoms with van der Waals surface area (Å²) >= 11 is 0. The predicted octanol–water partition coefficient (Wildman–Crippen LogP) is 2.12. The van der Waals surface area contributed by atoms with Gasteiger partial charge in [-0.05, 0) is 37.8 Å². The van der Waals surface area contributed by atoms with E-state index >= 15 is 4.39 Å². The van der Waals surface area contributed by atoms with Crippen molar-refractivity contribution in [1.82, 2.24) is 9.79 Å². The number of halogens is 1. The number of likely N-dealkylation sites (tertiary alicyclic amines) is 1. The van der Waals surface area contributed by atoms with Crippen molar-refractivity contribution in [2.45, 2.75) is 44.9 Å². The van der Waals surface area contributed by atoms with Crippen LogP contribution in [0.25, 0.3) is 0 Å². The summed E-state index contributed by atoms with van der Waals surface area (Å²) in [5.41, 5.74) is -2.94. The Bertz CT molecular complexity index is 855. The van der Waals surface area contributed by atoms with Crippen molar-refractivity contribution < 1.29 is 36.8 Å². The van der Waals surface area contributed by atoms with Crippen LogP contribution in [0.4, 0.5) is 14.9 Å². The Labute approximate surface area is 174 Å². The molecule has 1 aliphatic rings. The van der Waals surface area contributed by atoms with Gasteiger partial charge in [0.25, 0.3) is 0 Å². The lowest BCUT2D eigenvalue weighted by molar-refractivity contribution is -0.386. The maximum absolute atomic E-state index is 15.1. The minimum atomic E-state index is -3.06. The van der Waals surface area contributed by atoms with Crippen molar-refractivity contribution in [3.63, 3.8) is 0 Å². The van der Waals surface area contributed by atoms with Crippen molar-refractivity contribution >= 4 is 22.7 Å². The van der Waals surface area contributed by atoms with Crippen LogP contribution in [0.3, 0.4) is 0 Å². The maximum Gasteiger partial charge on any atom is 0.410 e. The van der Waals surface area contributed by atoms with E-state index in [0.29, 0.717) is 0 Å². The summed E-state index contributed by atoms with van der Waals surface area (Å²) in [4.78, 5) is 30.3. The van der Waals surface area contributed by atoms with E-state index < -0.39 is 45.5 Å². The highest BCUT2D eigenvalue weighted by Crippen LogP contribution is 2.34. The summed E-state index contributed by atoms with van der Waals surface area (Å²) in [5.74, 6) is -0.320. The van der Waals surface area contributed by atoms with Crippen LogP contribution in [0.2, 0.25) is 0 Å². The standard InChI is InChI=1S/C17H24FN3O8S/c1-16(2,3)28-15(22)20-8-6-17(18,7-9-20)11-27-14-5-4-12(29-19-30(25)26)10-13(14)21(23)24/h4-5,10,30H,6-9,11H2,1-3H3,(H,19,25,26). The van der Waals surface area contributed by atoms with E-state index in [9.17, 15) is 23.3 Å². The summed E-state index contributed by atoms with van der Waals surface area (Å²) in [7, 11) is -3.06. The summed E-state index contributed by atoms with van der Waals surface area (Å²) in [6, 6.07) is 3.38. The number of amides is 1. The highest BCUT2D eigenvalue weighted by molar-refractivity contribution is 7.70. The molecular weight excluding hydrogens is 425 g/mol. The van der Waals surface area contributed by atoms with E-state index in [1.807, 2.05) is 0 Å². The molecule has 168 valence electrons. The van der Waals surface area contributed by atoms with E-state index in [1.165, 1.54) is 17.0 Å². The zero-order valence-electron chi connectivity index (χ0n) is 16.8. The smallest absolute Gasteiger partial charge is 0.410 e. The molecular formula is C17H24FN3O8S. The largest absolute Gasteiger partial charge is 0.483 e. The summed E-state index contributed by atoms with van der Waals surface area (Å²) in [6.07, 6.45) is -0.547. The third-order valence-electron chi connectivity index (χ3n) is 4.16. The molecule has 1 saturated heterocycles. The number of rotatable bonds is 7. The van der Waals surface area contributed by atoms with E-state index in [4.69, 9.17) is 9.47 Å². The number of piperidine rings is 1. The number of carbonyl (C=O) groups is 1. The fourth-order valence-corrected chi connectivity index (χ4v) is 2.86. The first-order valence-corrected chi connectivity index (χ1v) is 10.2. The van der Waals surface area contributed by atoms with E-state index in [-0.39, 0.29) is 37.4 Å². The molecule has 1 N–H and O–H groups in total. The molecule has 30 heavy (non-hydrogen) atoms. The number of hydrogen-bond acceptors (Lipinski definition) is 8. The van der Waals surface area contributed by atoms with Gasteiger partial charge in [0.15, 0.2) is 11.5 Å². The molecule has 1 aromatic carbocycles. The van der Waals surface area contributed by atoms with Gasteiger partial charge in [-0.1, -0.05) is 0 Å². The third-order valence-corrected chi connectivity index (χ3v) is 4.40. The zero-order valence-corrected chi connectivity index (χ0v) is 17.6. The molecule has 0 saturated carbocycles. The first-order chi connectivity index (χ1) is 13.9. The van der Waals surface area contributed by atoms with Crippen LogP contribution in [0, 0.1) is 10.1 Å². The predicted molar refractivity (Wildman–Crippen MR) is 104 cm³/mol. The molecule has 0 atom stereocenters. The van der Waals surface area contributed by atoms with Crippen LogP contribution in [0.5, 0.6) is 11.5 Å². The first kappa shape index (κ1) is 23.6. The molecule has 1 heterocycles. The quantitative estimate of drug-likeness (QED) is 0.367. The number of nitrogens with one attached hydrogen (secondary N) is 1. The van der Waals surface area contributed by atoms with Gasteiger partial charge in [-0.2, -0.15) is 0 Å². The first-order valence-electron chi connectivity index (χ1n) is 9.03. The SMILES string of the molecule is CC(C)(C)OC(=O)N1CCC(F)(COc2ccc(ON[SH](=O)=O)cc2[N+](=O)[O-])CC1. The third kappa shape index (κ3) is 6.99. The normalized spacial score (nSPS) is 16.2. The minimum Gasteiger partial charge on any atom is -0.483 e. The van der Waals surface area contributed by atoms with Crippen molar-refractivity contribution in [3.05, 3.63) is 28.3 Å². The second-order valence-corrected chi connectivity index (χ2v) is 8.44. The van der Waals surface area contributed by atoms with Crippen LogP contribution < -0.4 is 14.5 Å². The second-order valence-electron chi connectivity index (χ2n) is 7.74. The molecule has 0 aliphatic carbocycles. The highest BCUT2D eigenvalue weighted by Gasteiger charge is 2.38. The second kappa shape index (κ2) is 9.43. The number of carbonyl (C=O) groups excluding carboxylic acids is 1. The van der Waals surface area contributed by atoms with Crippen LogP contribution in [-0.4, -0.2) is 55.3 Å². The summed E-state index contributed by atoms with van der Waals surface area (Å²) < 4.78 is 46.6. The van der Waals surface area contributed by atoms with Gasteiger partial charge in [0, 0.05) is 25.9 Å². The Hall–Kier alpha value is -2.67. The number of nitrogens with zero attached hydrogens (tertiary/aromatic N) is 2. The molecule has 0 bridgehead atoms. The fourth-order valence-electron chi connectivity index (χ4n) is 2.68. The number of nitro benzene ring substituents is 1. The van der Waals surface area contributed by atoms with E-state index in [0.717, 1.165) is 6.07 Å². The zero-order chi connectivity index (χ0) is 22.5. The fraction of sp³-hybridized carbons (Fsp3) is 0.588. The minimum absolute atomic E-state index is 0.0122. The van der Waals surface area contributed by atoms with Gasteiger partial charge in [-0.3, -0.25) is 10.1 Å². The summed E-state index contributed by atoms with van der Waals surface area (Å²) in [6.45, 7) is 5.03. The molecule has 1 amide bonds. The molecule has 2 rings (SSSR count). The van der Waals surface area contributed by atoms with Gasteiger partial charge in [0.05, 0.1) is 11.0 Å². The number of ether oxygens (including phenoxy) is 2. The highest BCUT2D eigenvalue weighted by atomic mass is 32.2. The summed E-state index contributed by atoms with van der Waals surface area (Å²) in [5, 5.41) is 11.3. The molecule has 0 aromatic heterocycles. The average Bonchev–Trinajstić information content (AvgIpc) is 2.64. The Kier molecular flexibility index (Phi) is 7.42. The van der Waals surface area contributed by atoms with Crippen molar-refractivity contribution in [2.24, 2.45) is 0 Å². The van der Waals surface area contributed by atoms with Crippen molar-refractivity contribution in [3.8, 4) is 11.5 Å². The van der Waals surface area contributed by atoms with Gasteiger partial charge < -0.3 is 19.2 Å². The molecule has 1 fully saturated rings. The van der Waals surface area contributed by atoms with Gasteiger partial charge in [-0.25, -0.2) is 17.6 Å². The number of benzene rings is 1. The van der Waals surface area contributed by atoms with Crippen LogP contribution >= 0.6 is 0 Å². The van der Waals surface area contributed by atoms with Crippen LogP contribution in [-0.2, 0) is 15.6 Å². The number of alkyl halides is 1. The van der Waals surface area contributed by atoms with Crippen molar-refractivity contribution in [2.75, 3.05) is 19.7 Å². The lowest BCUT2D eigenvalue weighted by atomic mass is 9.94. The molecule has 1 aromatic rings. The van der Waals surface area contributed by atoms with Gasteiger partial charge >= 0.3 is 11.8 Å². The number of nitro groups is 1. The number of thiol groups is 1. The van der Waals surface area contributed by atoms with E-state index in [1.54, 1.807) is 25.7 Å².